The summed E-state index contributed by atoms with van der Waals surface area (Å²) in [6.07, 6.45) is 4.58. The van der Waals surface area contributed by atoms with Crippen LogP contribution in [-0.4, -0.2) is 10.1 Å². The van der Waals surface area contributed by atoms with Gasteiger partial charge in [0.05, 0.1) is 19.1 Å². The Bertz CT molecular complexity index is 470. The van der Waals surface area contributed by atoms with Crippen molar-refractivity contribution in [1.82, 2.24) is 4.98 Å². The molecule has 0 fully saturated rings. The maximum atomic E-state index is 11.5. The highest BCUT2D eigenvalue weighted by molar-refractivity contribution is 5.60. The molecule has 0 aliphatic heterocycles. The van der Waals surface area contributed by atoms with E-state index in [-0.39, 0.29) is 12.0 Å². The van der Waals surface area contributed by atoms with Crippen molar-refractivity contribution >= 4 is 0 Å². The van der Waals surface area contributed by atoms with Gasteiger partial charge in [-0.15, -0.1) is 0 Å². The highest BCUT2D eigenvalue weighted by Gasteiger charge is 2.04. The molecule has 14 heavy (non-hydrogen) atoms. The smallest absolute Gasteiger partial charge is 0.189 e. The zero-order valence-electron chi connectivity index (χ0n) is 7.36. The number of nitrogens with one attached hydrogen (secondary N) is 1. The van der Waals surface area contributed by atoms with Gasteiger partial charge < -0.3 is 14.5 Å². The molecule has 2 aromatic rings. The second-order valence-corrected chi connectivity index (χ2v) is 2.91. The van der Waals surface area contributed by atoms with Gasteiger partial charge in [-0.25, -0.2) is 0 Å². The normalized spacial score (nSPS) is 10.4. The molecule has 2 aromatic heterocycles. The summed E-state index contributed by atoms with van der Waals surface area (Å²) in [5.74, 6) is 0. The lowest BCUT2D eigenvalue weighted by molar-refractivity contribution is 0.277. The minimum atomic E-state index is -0.166. The lowest BCUT2D eigenvalue weighted by atomic mass is 10.1. The van der Waals surface area contributed by atoms with Gasteiger partial charge in [-0.3, -0.25) is 4.79 Å². The predicted molar refractivity (Wildman–Crippen MR) is 50.7 cm³/mol. The summed E-state index contributed by atoms with van der Waals surface area (Å²) < 4.78 is 4.88. The standard InChI is InChI=1S/C10H9NO3/c12-5-8-3-10(13)9(4-11-8)7-1-2-14-6-7/h1-4,6,12H,5H2,(H,11,13). The molecule has 2 rings (SSSR count). The van der Waals surface area contributed by atoms with Gasteiger partial charge in [0, 0.05) is 29.1 Å². The molecule has 2 N–H and O–H groups in total. The molecular weight excluding hydrogens is 182 g/mol. The molecule has 0 bridgehead atoms. The van der Waals surface area contributed by atoms with Crippen LogP contribution in [0.3, 0.4) is 0 Å². The molecule has 0 unspecified atom stereocenters. The van der Waals surface area contributed by atoms with Crippen LogP contribution in [0, 0.1) is 0 Å². The molecule has 0 amide bonds. The lowest BCUT2D eigenvalue weighted by Crippen LogP contribution is -2.06. The molecule has 4 heteroatoms. The van der Waals surface area contributed by atoms with Crippen LogP contribution in [0.5, 0.6) is 0 Å². The maximum Gasteiger partial charge on any atom is 0.189 e. The van der Waals surface area contributed by atoms with E-state index in [1.807, 2.05) is 0 Å². The Hall–Kier alpha value is -1.81. The Morgan fingerprint density at radius 2 is 2.36 bits per heavy atom. The first kappa shape index (κ1) is 8.77. The van der Waals surface area contributed by atoms with E-state index < -0.39 is 0 Å². The number of pyridine rings is 1. The molecule has 0 saturated carbocycles. The topological polar surface area (TPSA) is 66.2 Å². The summed E-state index contributed by atoms with van der Waals surface area (Å²) in [4.78, 5) is 14.3. The van der Waals surface area contributed by atoms with E-state index in [1.165, 1.54) is 18.6 Å². The number of rotatable bonds is 2. The van der Waals surface area contributed by atoms with Crippen molar-refractivity contribution in [1.29, 1.82) is 0 Å². The van der Waals surface area contributed by atoms with Gasteiger partial charge >= 0.3 is 0 Å². The predicted octanol–water partition coefficient (Wildman–Crippen LogP) is 1.13. The van der Waals surface area contributed by atoms with Crippen LogP contribution < -0.4 is 5.43 Å². The van der Waals surface area contributed by atoms with Crippen molar-refractivity contribution in [3.05, 3.63) is 46.8 Å². The van der Waals surface area contributed by atoms with E-state index in [9.17, 15) is 4.79 Å². The van der Waals surface area contributed by atoms with Crippen LogP contribution in [0.4, 0.5) is 0 Å². The molecule has 72 valence electrons. The van der Waals surface area contributed by atoms with Crippen LogP contribution in [-0.2, 0) is 6.61 Å². The first-order valence-corrected chi connectivity index (χ1v) is 4.16. The second-order valence-electron chi connectivity index (χ2n) is 2.91. The third-order valence-corrected chi connectivity index (χ3v) is 1.98. The number of furan rings is 1. The van der Waals surface area contributed by atoms with Gasteiger partial charge in [0.1, 0.15) is 0 Å². The fraction of sp³-hybridized carbons (Fsp3) is 0.100. The van der Waals surface area contributed by atoms with Crippen molar-refractivity contribution in [3.63, 3.8) is 0 Å². The Balaban J connectivity index is 2.51. The van der Waals surface area contributed by atoms with Crippen molar-refractivity contribution in [2.45, 2.75) is 6.61 Å². The number of aliphatic hydroxyl groups is 1. The zero-order valence-corrected chi connectivity index (χ0v) is 7.36. The minimum absolute atomic E-state index is 0.130. The number of aliphatic hydroxyl groups excluding tert-OH is 1. The van der Waals surface area contributed by atoms with Crippen molar-refractivity contribution in [3.8, 4) is 11.1 Å². The molecule has 0 saturated heterocycles. The molecule has 2 heterocycles. The van der Waals surface area contributed by atoms with Gasteiger partial charge in [-0.05, 0) is 6.07 Å². The summed E-state index contributed by atoms with van der Waals surface area (Å²) >= 11 is 0. The van der Waals surface area contributed by atoms with Crippen molar-refractivity contribution in [2.24, 2.45) is 0 Å². The summed E-state index contributed by atoms with van der Waals surface area (Å²) in [6.45, 7) is -0.166. The molecule has 0 radical (unpaired) electrons. The van der Waals surface area contributed by atoms with E-state index >= 15 is 0 Å². The van der Waals surface area contributed by atoms with Crippen molar-refractivity contribution < 1.29 is 9.52 Å². The quantitative estimate of drug-likeness (QED) is 0.747. The lowest BCUT2D eigenvalue weighted by Gasteiger charge is -1.98. The molecule has 0 aromatic carbocycles. The molecule has 0 aliphatic carbocycles. The zero-order chi connectivity index (χ0) is 9.97. The monoisotopic (exact) mass is 191 g/mol. The van der Waals surface area contributed by atoms with E-state index in [0.717, 1.165) is 5.56 Å². The van der Waals surface area contributed by atoms with Crippen LogP contribution >= 0.6 is 0 Å². The molecular formula is C10H9NO3. The highest BCUT2D eigenvalue weighted by Crippen LogP contribution is 2.14. The number of H-pyrrole nitrogens is 1. The van der Waals surface area contributed by atoms with Crippen LogP contribution in [0.2, 0.25) is 0 Å². The maximum absolute atomic E-state index is 11.5. The second kappa shape index (κ2) is 3.51. The largest absolute Gasteiger partial charge is 0.472 e. The Morgan fingerprint density at radius 3 is 2.93 bits per heavy atom. The third kappa shape index (κ3) is 1.47. The average Bonchev–Trinajstić information content (AvgIpc) is 2.70. The number of aromatic nitrogens is 1. The van der Waals surface area contributed by atoms with Crippen LogP contribution in [0.15, 0.2) is 40.1 Å². The van der Waals surface area contributed by atoms with Gasteiger partial charge in [0.2, 0.25) is 0 Å². The van der Waals surface area contributed by atoms with Gasteiger partial charge in [0.15, 0.2) is 5.43 Å². The van der Waals surface area contributed by atoms with Crippen LogP contribution in [0.25, 0.3) is 11.1 Å². The first-order chi connectivity index (χ1) is 6.81. The van der Waals surface area contributed by atoms with Gasteiger partial charge in [0.25, 0.3) is 0 Å². The first-order valence-electron chi connectivity index (χ1n) is 4.16. The molecule has 0 aliphatic rings. The highest BCUT2D eigenvalue weighted by atomic mass is 16.3. The van der Waals surface area contributed by atoms with Crippen molar-refractivity contribution in [2.75, 3.05) is 0 Å². The SMILES string of the molecule is O=c1cc(CO)[nH]cc1-c1ccoc1. The molecule has 4 nitrogen and oxygen atoms in total. The molecule has 0 spiro atoms. The third-order valence-electron chi connectivity index (χ3n) is 1.98. The summed E-state index contributed by atoms with van der Waals surface area (Å²) in [7, 11) is 0. The van der Waals surface area contributed by atoms with E-state index in [2.05, 4.69) is 4.98 Å². The Morgan fingerprint density at radius 1 is 1.50 bits per heavy atom. The average molecular weight is 191 g/mol. The van der Waals surface area contributed by atoms with Crippen LogP contribution in [0.1, 0.15) is 5.69 Å². The summed E-state index contributed by atoms with van der Waals surface area (Å²) in [6, 6.07) is 3.09. The van der Waals surface area contributed by atoms with Gasteiger partial charge in [-0.2, -0.15) is 0 Å². The Kier molecular flexibility index (Phi) is 2.20. The summed E-state index contributed by atoms with van der Waals surface area (Å²) in [5.41, 5.74) is 1.64. The Labute approximate surface area is 79.8 Å². The number of hydrogen-bond donors (Lipinski definition) is 2. The van der Waals surface area contributed by atoms with E-state index in [0.29, 0.717) is 11.3 Å². The van der Waals surface area contributed by atoms with E-state index in [4.69, 9.17) is 9.52 Å². The van der Waals surface area contributed by atoms with Gasteiger partial charge in [-0.1, -0.05) is 0 Å². The summed E-state index contributed by atoms with van der Waals surface area (Å²) in [5, 5.41) is 8.79. The fourth-order valence-electron chi connectivity index (χ4n) is 1.25. The van der Waals surface area contributed by atoms with E-state index in [1.54, 1.807) is 12.3 Å². The molecule has 0 atom stereocenters. The minimum Gasteiger partial charge on any atom is -0.472 e. The number of hydrogen-bond acceptors (Lipinski definition) is 3. The number of aromatic amines is 1. The fourth-order valence-corrected chi connectivity index (χ4v) is 1.25.